The van der Waals surface area contributed by atoms with Gasteiger partial charge in [-0.05, 0) is 24.7 Å². The predicted molar refractivity (Wildman–Crippen MR) is 63.0 cm³/mol. The number of fused-ring (bicyclic) bond motifs is 1. The third kappa shape index (κ3) is 1.74. The molecule has 0 radical (unpaired) electrons. The van der Waals surface area contributed by atoms with E-state index in [0.29, 0.717) is 29.8 Å². The number of hydrogen-bond donors (Lipinski definition) is 2. The summed E-state index contributed by atoms with van der Waals surface area (Å²) < 4.78 is 2.02. The molecular formula is C11H15N5O. The van der Waals surface area contributed by atoms with Gasteiger partial charge in [0.15, 0.2) is 11.5 Å². The van der Waals surface area contributed by atoms with Crippen LogP contribution < -0.4 is 5.73 Å². The Morgan fingerprint density at radius 3 is 2.88 bits per heavy atom. The predicted octanol–water partition coefficient (Wildman–Crippen LogP) is 0.427. The maximum Gasteiger partial charge on any atom is 0.165 e. The van der Waals surface area contributed by atoms with E-state index in [-0.39, 0.29) is 0 Å². The van der Waals surface area contributed by atoms with Crippen molar-refractivity contribution in [2.24, 2.45) is 11.8 Å². The number of aromatic nitrogens is 4. The Labute approximate surface area is 98.5 Å². The van der Waals surface area contributed by atoms with Crippen molar-refractivity contribution in [1.29, 1.82) is 0 Å². The second-order valence-electron chi connectivity index (χ2n) is 4.71. The summed E-state index contributed by atoms with van der Waals surface area (Å²) in [5, 5.41) is 8.98. The molecule has 6 heteroatoms. The SMILES string of the molecule is Nc1ncnc2c1ncn2C[C@H]1C[C@@H](CO)C1. The second-order valence-corrected chi connectivity index (χ2v) is 4.71. The lowest BCUT2D eigenvalue weighted by Crippen LogP contribution is -2.29. The average molecular weight is 233 g/mol. The van der Waals surface area contributed by atoms with Crippen molar-refractivity contribution in [3.05, 3.63) is 12.7 Å². The highest BCUT2D eigenvalue weighted by Crippen LogP contribution is 2.34. The first kappa shape index (κ1) is 10.5. The zero-order valence-corrected chi connectivity index (χ0v) is 9.45. The van der Waals surface area contributed by atoms with E-state index in [1.54, 1.807) is 6.33 Å². The van der Waals surface area contributed by atoms with Gasteiger partial charge in [-0.3, -0.25) is 0 Å². The highest BCUT2D eigenvalue weighted by Gasteiger charge is 2.28. The van der Waals surface area contributed by atoms with E-state index in [2.05, 4.69) is 15.0 Å². The van der Waals surface area contributed by atoms with Crippen LogP contribution in [0.5, 0.6) is 0 Å². The largest absolute Gasteiger partial charge is 0.396 e. The number of aliphatic hydroxyl groups excluding tert-OH is 1. The van der Waals surface area contributed by atoms with Crippen LogP contribution in [0.3, 0.4) is 0 Å². The third-order valence-corrected chi connectivity index (χ3v) is 3.48. The summed E-state index contributed by atoms with van der Waals surface area (Å²) in [6, 6.07) is 0. The fourth-order valence-electron chi connectivity index (χ4n) is 2.48. The fourth-order valence-corrected chi connectivity index (χ4v) is 2.48. The lowest BCUT2D eigenvalue weighted by Gasteiger charge is -2.34. The molecule has 2 aromatic heterocycles. The molecular weight excluding hydrogens is 218 g/mol. The van der Waals surface area contributed by atoms with Crippen LogP contribution in [-0.2, 0) is 6.54 Å². The van der Waals surface area contributed by atoms with Crippen molar-refractivity contribution >= 4 is 17.0 Å². The van der Waals surface area contributed by atoms with Crippen LogP contribution in [0.4, 0.5) is 5.82 Å². The Morgan fingerprint density at radius 1 is 1.29 bits per heavy atom. The first-order valence-corrected chi connectivity index (χ1v) is 5.80. The highest BCUT2D eigenvalue weighted by molar-refractivity contribution is 5.81. The molecule has 1 aliphatic carbocycles. The molecule has 6 nitrogen and oxygen atoms in total. The van der Waals surface area contributed by atoms with Crippen LogP contribution in [0.15, 0.2) is 12.7 Å². The summed E-state index contributed by atoms with van der Waals surface area (Å²) in [4.78, 5) is 12.4. The van der Waals surface area contributed by atoms with Crippen LogP contribution >= 0.6 is 0 Å². The molecule has 0 atom stereocenters. The van der Waals surface area contributed by atoms with Crippen molar-refractivity contribution in [3.63, 3.8) is 0 Å². The Hall–Kier alpha value is -1.69. The summed E-state index contributed by atoms with van der Waals surface area (Å²) in [5.74, 6) is 1.52. The Balaban J connectivity index is 1.80. The molecule has 1 saturated carbocycles. The summed E-state index contributed by atoms with van der Waals surface area (Å²) in [6.45, 7) is 1.19. The van der Waals surface area contributed by atoms with E-state index in [1.807, 2.05) is 4.57 Å². The number of aliphatic hydroxyl groups is 1. The lowest BCUT2D eigenvalue weighted by atomic mass is 9.75. The van der Waals surface area contributed by atoms with Crippen LogP contribution in [0.25, 0.3) is 11.2 Å². The molecule has 3 rings (SSSR count). The number of imidazole rings is 1. The van der Waals surface area contributed by atoms with Crippen molar-refractivity contribution in [1.82, 2.24) is 19.5 Å². The topological polar surface area (TPSA) is 89.9 Å². The second kappa shape index (κ2) is 3.96. The molecule has 0 unspecified atom stereocenters. The van der Waals surface area contributed by atoms with Gasteiger partial charge in [0.1, 0.15) is 11.8 Å². The smallest absolute Gasteiger partial charge is 0.165 e. The first-order chi connectivity index (χ1) is 8.28. The normalized spacial score (nSPS) is 23.8. The molecule has 90 valence electrons. The minimum Gasteiger partial charge on any atom is -0.396 e. The number of nitrogen functional groups attached to an aromatic ring is 1. The van der Waals surface area contributed by atoms with Gasteiger partial charge in [0.05, 0.1) is 6.33 Å². The van der Waals surface area contributed by atoms with Crippen molar-refractivity contribution in [2.45, 2.75) is 19.4 Å². The molecule has 1 fully saturated rings. The van der Waals surface area contributed by atoms with E-state index in [4.69, 9.17) is 10.8 Å². The molecule has 0 spiro atoms. The Morgan fingerprint density at radius 2 is 2.12 bits per heavy atom. The van der Waals surface area contributed by atoms with Crippen LogP contribution in [-0.4, -0.2) is 31.2 Å². The number of hydrogen-bond acceptors (Lipinski definition) is 5. The molecule has 0 aromatic carbocycles. The number of rotatable bonds is 3. The maximum atomic E-state index is 8.98. The summed E-state index contributed by atoms with van der Waals surface area (Å²) in [6.07, 6.45) is 5.39. The molecule has 2 aromatic rings. The van der Waals surface area contributed by atoms with E-state index in [0.717, 1.165) is 25.0 Å². The first-order valence-electron chi connectivity index (χ1n) is 5.80. The maximum absolute atomic E-state index is 8.98. The minimum absolute atomic E-state index is 0.302. The van der Waals surface area contributed by atoms with Crippen molar-refractivity contribution in [2.75, 3.05) is 12.3 Å². The Kier molecular flexibility index (Phi) is 2.44. The molecule has 0 aliphatic heterocycles. The Bertz CT molecular complexity index is 532. The highest BCUT2D eigenvalue weighted by atomic mass is 16.3. The van der Waals surface area contributed by atoms with E-state index in [9.17, 15) is 0 Å². The van der Waals surface area contributed by atoms with Gasteiger partial charge < -0.3 is 15.4 Å². The number of anilines is 1. The van der Waals surface area contributed by atoms with E-state index in [1.165, 1.54) is 6.33 Å². The molecule has 3 N–H and O–H groups in total. The van der Waals surface area contributed by atoms with Crippen LogP contribution in [0.1, 0.15) is 12.8 Å². The standard InChI is InChI=1S/C11H15N5O/c12-10-9-11(14-5-13-10)16(6-15-9)3-7-1-8(2-7)4-17/h5-8,17H,1-4H2,(H2,12,13,14)/t7-,8+. The monoisotopic (exact) mass is 233 g/mol. The van der Waals surface area contributed by atoms with Gasteiger partial charge in [0.2, 0.25) is 0 Å². The van der Waals surface area contributed by atoms with Gasteiger partial charge in [-0.1, -0.05) is 0 Å². The number of nitrogens with zero attached hydrogens (tertiary/aromatic N) is 4. The zero-order valence-electron chi connectivity index (χ0n) is 9.45. The quantitative estimate of drug-likeness (QED) is 0.802. The summed E-state index contributed by atoms with van der Waals surface area (Å²) in [7, 11) is 0. The van der Waals surface area contributed by atoms with Gasteiger partial charge in [-0.25, -0.2) is 15.0 Å². The molecule has 17 heavy (non-hydrogen) atoms. The van der Waals surface area contributed by atoms with Crippen molar-refractivity contribution < 1.29 is 5.11 Å². The van der Waals surface area contributed by atoms with Gasteiger partial charge >= 0.3 is 0 Å². The zero-order chi connectivity index (χ0) is 11.8. The molecule has 2 heterocycles. The van der Waals surface area contributed by atoms with Gasteiger partial charge in [0, 0.05) is 13.2 Å². The molecule has 0 saturated heterocycles. The molecule has 0 bridgehead atoms. The molecule has 1 aliphatic rings. The molecule has 0 amide bonds. The van der Waals surface area contributed by atoms with Crippen LogP contribution in [0, 0.1) is 11.8 Å². The van der Waals surface area contributed by atoms with Gasteiger partial charge in [-0.15, -0.1) is 0 Å². The average Bonchev–Trinajstić information content (AvgIpc) is 2.68. The summed E-state index contributed by atoms with van der Waals surface area (Å²) in [5.41, 5.74) is 7.20. The van der Waals surface area contributed by atoms with E-state index >= 15 is 0 Å². The van der Waals surface area contributed by atoms with Crippen LogP contribution in [0.2, 0.25) is 0 Å². The minimum atomic E-state index is 0.302. The van der Waals surface area contributed by atoms with E-state index < -0.39 is 0 Å². The lowest BCUT2D eigenvalue weighted by molar-refractivity contribution is 0.0974. The number of nitrogens with two attached hydrogens (primary N) is 1. The summed E-state index contributed by atoms with van der Waals surface area (Å²) >= 11 is 0. The van der Waals surface area contributed by atoms with Gasteiger partial charge in [-0.2, -0.15) is 0 Å². The fraction of sp³-hybridized carbons (Fsp3) is 0.545. The van der Waals surface area contributed by atoms with Crippen molar-refractivity contribution in [3.8, 4) is 0 Å². The van der Waals surface area contributed by atoms with Gasteiger partial charge in [0.25, 0.3) is 0 Å². The third-order valence-electron chi connectivity index (χ3n) is 3.48.